The van der Waals surface area contributed by atoms with Gasteiger partial charge < -0.3 is 5.32 Å². The molecule has 1 amide bonds. The molecule has 0 fully saturated rings. The number of benzene rings is 1. The Morgan fingerprint density at radius 3 is 2.78 bits per heavy atom. The van der Waals surface area contributed by atoms with Gasteiger partial charge in [0.2, 0.25) is 5.95 Å². The number of nitrogens with one attached hydrogen (secondary N) is 2. The molecule has 4 aromatic heterocycles. The summed E-state index contributed by atoms with van der Waals surface area (Å²) in [6.45, 7) is 1.89. The lowest BCUT2D eigenvalue weighted by Gasteiger charge is -2.13. The van der Waals surface area contributed by atoms with Gasteiger partial charge in [-0.1, -0.05) is 11.6 Å². The molecule has 186 valence electrons. The molecule has 5 rings (SSSR count). The lowest BCUT2D eigenvalue weighted by molar-refractivity contribution is 0.0537. The summed E-state index contributed by atoms with van der Waals surface area (Å²) in [4.78, 5) is 34.7. The highest BCUT2D eigenvalue weighted by Gasteiger charge is 2.19. The normalized spacial score (nSPS) is 10.9. The Labute approximate surface area is 219 Å². The van der Waals surface area contributed by atoms with Gasteiger partial charge in [-0.15, -0.1) is 11.3 Å². The monoisotopic (exact) mass is 536 g/mol. The Morgan fingerprint density at radius 2 is 2.03 bits per heavy atom. The third-order valence-corrected chi connectivity index (χ3v) is 6.28. The van der Waals surface area contributed by atoms with Crippen LogP contribution < -0.4 is 10.8 Å². The lowest BCUT2D eigenvalue weighted by atomic mass is 10.1. The smallest absolute Gasteiger partial charge is 0.276 e. The molecular formula is C24H18ClFN8O2S. The molecule has 0 bridgehead atoms. The fourth-order valence-electron chi connectivity index (χ4n) is 3.51. The van der Waals surface area contributed by atoms with E-state index in [2.05, 4.69) is 25.7 Å². The van der Waals surface area contributed by atoms with Crippen LogP contribution in [0.2, 0.25) is 5.02 Å². The van der Waals surface area contributed by atoms with Crippen molar-refractivity contribution in [2.45, 2.75) is 6.92 Å². The van der Waals surface area contributed by atoms with E-state index in [0.29, 0.717) is 28.3 Å². The Kier molecular flexibility index (Phi) is 6.86. The molecule has 0 aliphatic heterocycles. The van der Waals surface area contributed by atoms with E-state index in [1.54, 1.807) is 29.3 Å². The van der Waals surface area contributed by atoms with Crippen LogP contribution in [0.4, 0.5) is 16.0 Å². The molecule has 37 heavy (non-hydrogen) atoms. The topological polar surface area (TPSA) is 120 Å². The molecule has 0 unspecified atom stereocenters. The van der Waals surface area contributed by atoms with E-state index in [4.69, 9.17) is 26.5 Å². The summed E-state index contributed by atoms with van der Waals surface area (Å²) in [7, 11) is 1.35. The molecule has 5 aromatic rings. The van der Waals surface area contributed by atoms with Crippen LogP contribution in [-0.4, -0.2) is 42.7 Å². The summed E-state index contributed by atoms with van der Waals surface area (Å²) in [5.74, 6) is -0.325. The fourth-order valence-corrected chi connectivity index (χ4v) is 4.28. The second kappa shape index (κ2) is 10.4. The van der Waals surface area contributed by atoms with Crippen LogP contribution in [0.5, 0.6) is 0 Å². The van der Waals surface area contributed by atoms with Crippen LogP contribution in [0, 0.1) is 12.7 Å². The minimum Gasteiger partial charge on any atom is -0.324 e. The number of carbonyl (C=O) groups excluding carboxylic acids is 1. The third-order valence-electron chi connectivity index (χ3n) is 5.19. The highest BCUT2D eigenvalue weighted by molar-refractivity contribution is 7.13. The largest absolute Gasteiger partial charge is 0.324 e. The third kappa shape index (κ3) is 5.16. The van der Waals surface area contributed by atoms with Crippen molar-refractivity contribution in [2.24, 2.45) is 0 Å². The first-order valence-corrected chi connectivity index (χ1v) is 12.0. The minimum absolute atomic E-state index is 0.0323. The number of rotatable bonds is 7. The number of carbonyl (C=O) groups is 1. The minimum atomic E-state index is -0.532. The molecule has 0 aliphatic rings. The number of hydrogen-bond donors (Lipinski definition) is 2. The van der Waals surface area contributed by atoms with Gasteiger partial charge in [0.1, 0.15) is 16.5 Å². The van der Waals surface area contributed by atoms with Crippen molar-refractivity contribution in [2.75, 3.05) is 12.4 Å². The maximum absolute atomic E-state index is 13.6. The standard InChI is InChI=1S/C24H18ClFN8O2S/c1-13-7-20(23-28-5-6-37-23)32-34(13)21-17(14-8-15(11-27-10-14)22(35)33-36-2)12-29-24(31-21)30-16-3-4-19(26)18(25)9-16/h3-12H,1-2H3,(H,33,35)(H,29,30,31). The van der Waals surface area contributed by atoms with E-state index >= 15 is 0 Å². The quantitative estimate of drug-likeness (QED) is 0.279. The highest BCUT2D eigenvalue weighted by Crippen LogP contribution is 2.30. The molecule has 1 aromatic carbocycles. The molecule has 10 nitrogen and oxygen atoms in total. The van der Waals surface area contributed by atoms with Crippen molar-refractivity contribution in [3.05, 3.63) is 82.6 Å². The molecule has 0 saturated carbocycles. The predicted octanol–water partition coefficient (Wildman–Crippen LogP) is 4.98. The number of pyridine rings is 1. The number of hydrogen-bond acceptors (Lipinski definition) is 9. The summed E-state index contributed by atoms with van der Waals surface area (Å²) in [6, 6.07) is 7.77. The Hall–Kier alpha value is -4.26. The zero-order valence-electron chi connectivity index (χ0n) is 19.4. The van der Waals surface area contributed by atoms with Crippen LogP contribution in [0.25, 0.3) is 27.6 Å². The number of amides is 1. The molecular weight excluding hydrogens is 519 g/mol. The van der Waals surface area contributed by atoms with Gasteiger partial charge >= 0.3 is 0 Å². The van der Waals surface area contributed by atoms with Crippen molar-refractivity contribution in [3.63, 3.8) is 0 Å². The first-order valence-electron chi connectivity index (χ1n) is 10.8. The number of aryl methyl sites for hydroxylation is 1. The second-order valence-electron chi connectivity index (χ2n) is 7.70. The van der Waals surface area contributed by atoms with E-state index < -0.39 is 11.7 Å². The number of thiazole rings is 1. The molecule has 0 radical (unpaired) electrons. The molecule has 13 heteroatoms. The SMILES string of the molecule is CONC(=O)c1cncc(-c2cnc(Nc3ccc(F)c(Cl)c3)nc2-n2nc(-c3nccs3)cc2C)c1. The van der Waals surface area contributed by atoms with Gasteiger partial charge in [0.05, 0.1) is 17.7 Å². The fraction of sp³-hybridized carbons (Fsp3) is 0.0833. The van der Waals surface area contributed by atoms with Gasteiger partial charge in [0, 0.05) is 52.7 Å². The van der Waals surface area contributed by atoms with Crippen LogP contribution in [0.1, 0.15) is 16.1 Å². The first kappa shape index (κ1) is 24.4. The van der Waals surface area contributed by atoms with Crippen LogP contribution in [-0.2, 0) is 4.84 Å². The van der Waals surface area contributed by atoms with Gasteiger partial charge in [-0.25, -0.2) is 24.5 Å². The van der Waals surface area contributed by atoms with Gasteiger partial charge in [0.15, 0.2) is 5.82 Å². The number of hydroxylamine groups is 1. The van der Waals surface area contributed by atoms with Gasteiger partial charge in [-0.05, 0) is 37.3 Å². The molecule has 0 aliphatic carbocycles. The maximum atomic E-state index is 13.6. The van der Waals surface area contributed by atoms with Crippen LogP contribution in [0.3, 0.4) is 0 Å². The zero-order chi connectivity index (χ0) is 25.9. The lowest BCUT2D eigenvalue weighted by Crippen LogP contribution is -2.21. The predicted molar refractivity (Wildman–Crippen MR) is 137 cm³/mol. The second-order valence-corrected chi connectivity index (χ2v) is 9.00. The van der Waals surface area contributed by atoms with Gasteiger partial charge in [-0.2, -0.15) is 10.1 Å². The Balaban J connectivity index is 1.62. The van der Waals surface area contributed by atoms with E-state index in [9.17, 15) is 9.18 Å². The summed E-state index contributed by atoms with van der Waals surface area (Å²) in [6.07, 6.45) is 6.32. The highest BCUT2D eigenvalue weighted by atomic mass is 35.5. The summed E-state index contributed by atoms with van der Waals surface area (Å²) >= 11 is 7.39. The van der Waals surface area contributed by atoms with Crippen LogP contribution in [0.15, 0.2) is 60.5 Å². The molecule has 0 atom stereocenters. The maximum Gasteiger partial charge on any atom is 0.276 e. The van der Waals surface area contributed by atoms with E-state index in [1.165, 1.54) is 42.8 Å². The van der Waals surface area contributed by atoms with E-state index in [0.717, 1.165) is 10.7 Å². The van der Waals surface area contributed by atoms with Crippen molar-refractivity contribution in [3.8, 4) is 27.6 Å². The van der Waals surface area contributed by atoms with Crippen molar-refractivity contribution < 1.29 is 14.0 Å². The van der Waals surface area contributed by atoms with Gasteiger partial charge in [-0.3, -0.25) is 14.6 Å². The van der Waals surface area contributed by atoms with Gasteiger partial charge in [0.25, 0.3) is 5.91 Å². The van der Waals surface area contributed by atoms with Crippen LogP contribution >= 0.6 is 22.9 Å². The Morgan fingerprint density at radius 1 is 1.16 bits per heavy atom. The first-order chi connectivity index (χ1) is 17.9. The number of halogens is 2. The summed E-state index contributed by atoms with van der Waals surface area (Å²) < 4.78 is 15.3. The van der Waals surface area contributed by atoms with Crippen molar-refractivity contribution in [1.29, 1.82) is 0 Å². The zero-order valence-corrected chi connectivity index (χ0v) is 21.0. The number of nitrogens with zero attached hydrogens (tertiary/aromatic N) is 6. The molecule has 0 saturated heterocycles. The van der Waals surface area contributed by atoms with Crippen molar-refractivity contribution >= 4 is 40.5 Å². The Bertz CT molecular complexity index is 1590. The van der Waals surface area contributed by atoms with E-state index in [-0.39, 0.29) is 16.5 Å². The number of anilines is 2. The van der Waals surface area contributed by atoms with Crippen molar-refractivity contribution in [1.82, 2.24) is 35.2 Å². The number of aromatic nitrogens is 6. The van der Waals surface area contributed by atoms with E-state index in [1.807, 2.05) is 18.4 Å². The summed E-state index contributed by atoms with van der Waals surface area (Å²) in [5, 5.41) is 10.4. The molecule has 4 heterocycles. The average molecular weight is 537 g/mol. The molecule has 0 spiro atoms. The molecule has 2 N–H and O–H groups in total. The average Bonchev–Trinajstić information content (AvgIpc) is 3.56. The summed E-state index contributed by atoms with van der Waals surface area (Å²) in [5.41, 5.74) is 5.70.